The average molecular weight is 360 g/mol. The number of rotatable bonds is 1. The zero-order valence-electron chi connectivity index (χ0n) is 12.5. The molecule has 2 rings (SSSR count). The third-order valence-corrected chi connectivity index (χ3v) is 5.31. The van der Waals surface area contributed by atoms with E-state index in [1.165, 1.54) is 18.4 Å². The van der Waals surface area contributed by atoms with E-state index in [4.69, 9.17) is 17.3 Å². The normalized spacial score (nSPS) is 25.5. The fourth-order valence-corrected chi connectivity index (χ4v) is 3.50. The van der Waals surface area contributed by atoms with Crippen molar-refractivity contribution in [1.29, 1.82) is 0 Å². The fourth-order valence-electron chi connectivity index (χ4n) is 3.07. The lowest BCUT2D eigenvalue weighted by Gasteiger charge is -2.43. The van der Waals surface area contributed by atoms with Crippen LogP contribution in [0, 0.1) is 0 Å². The first-order valence-corrected chi connectivity index (χ1v) is 8.45. The number of halogens is 2. The first-order valence-electron chi connectivity index (χ1n) is 7.28. The summed E-state index contributed by atoms with van der Waals surface area (Å²) in [5, 5.41) is 0.757. The van der Waals surface area contributed by atoms with Gasteiger partial charge in [-0.05, 0) is 73.8 Å². The third-order valence-electron chi connectivity index (χ3n) is 4.07. The molecule has 1 saturated heterocycles. The van der Waals surface area contributed by atoms with Gasteiger partial charge in [0.05, 0.1) is 11.1 Å². The summed E-state index contributed by atoms with van der Waals surface area (Å²) in [6, 6.07) is 6.62. The molecule has 1 fully saturated rings. The Labute approximate surface area is 135 Å². The Balaban J connectivity index is 2.42. The number of nitrogens with zero attached hydrogens (tertiary/aromatic N) is 1. The molecule has 0 saturated carbocycles. The number of hydrogen-bond acceptors (Lipinski definition) is 2. The Bertz CT molecular complexity index is 470. The van der Waals surface area contributed by atoms with Crippen molar-refractivity contribution >= 4 is 27.5 Å². The molecule has 2 N–H and O–H groups in total. The van der Waals surface area contributed by atoms with Crippen LogP contribution >= 0.6 is 27.5 Å². The van der Waals surface area contributed by atoms with Crippen LogP contribution in [0.5, 0.6) is 0 Å². The Morgan fingerprint density at radius 3 is 2.60 bits per heavy atom. The molecule has 1 aromatic rings. The molecule has 1 aromatic carbocycles. The molecule has 2 unspecified atom stereocenters. The maximum Gasteiger partial charge on any atom is 0.0551 e. The van der Waals surface area contributed by atoms with Crippen LogP contribution in [0.2, 0.25) is 5.02 Å². The lowest BCUT2D eigenvalue weighted by Crippen LogP contribution is -2.49. The van der Waals surface area contributed by atoms with Gasteiger partial charge in [-0.25, -0.2) is 0 Å². The van der Waals surface area contributed by atoms with E-state index >= 15 is 0 Å². The summed E-state index contributed by atoms with van der Waals surface area (Å²) in [5.74, 6) is 0. The predicted octanol–water partition coefficient (Wildman–Crippen LogP) is 4.76. The van der Waals surface area contributed by atoms with Crippen LogP contribution in [0.4, 0.5) is 0 Å². The molecule has 0 bridgehead atoms. The smallest absolute Gasteiger partial charge is 0.0551 e. The highest BCUT2D eigenvalue weighted by molar-refractivity contribution is 9.10. The highest BCUT2D eigenvalue weighted by atomic mass is 79.9. The first-order chi connectivity index (χ1) is 9.30. The van der Waals surface area contributed by atoms with Crippen molar-refractivity contribution in [2.45, 2.75) is 57.7 Å². The molecule has 2 atom stereocenters. The molecule has 0 radical (unpaired) electrons. The number of benzene rings is 1. The van der Waals surface area contributed by atoms with E-state index in [1.54, 1.807) is 0 Å². The van der Waals surface area contributed by atoms with E-state index in [0.717, 1.165) is 22.5 Å². The number of nitrogens with two attached hydrogens (primary N) is 1. The summed E-state index contributed by atoms with van der Waals surface area (Å²) >= 11 is 9.74. The van der Waals surface area contributed by atoms with Gasteiger partial charge in [-0.3, -0.25) is 4.90 Å². The Hall–Kier alpha value is -0.0900. The molecule has 0 aromatic heterocycles. The molecular formula is C16H24BrClN2. The van der Waals surface area contributed by atoms with E-state index in [-0.39, 0.29) is 17.6 Å². The van der Waals surface area contributed by atoms with Gasteiger partial charge < -0.3 is 5.73 Å². The minimum Gasteiger partial charge on any atom is -0.326 e. The zero-order chi connectivity index (χ0) is 14.9. The van der Waals surface area contributed by atoms with Gasteiger partial charge in [0.1, 0.15) is 0 Å². The second-order valence-corrected chi connectivity index (χ2v) is 7.90. The summed E-state index contributed by atoms with van der Waals surface area (Å²) in [6.45, 7) is 7.88. The molecule has 0 spiro atoms. The Morgan fingerprint density at radius 2 is 2.00 bits per heavy atom. The summed E-state index contributed by atoms with van der Waals surface area (Å²) in [7, 11) is 0. The lowest BCUT2D eigenvalue weighted by molar-refractivity contribution is 0.0755. The van der Waals surface area contributed by atoms with Crippen LogP contribution < -0.4 is 5.73 Å². The minimum absolute atomic E-state index is 0.103. The quantitative estimate of drug-likeness (QED) is 0.783. The standard InChI is InChI=1S/C16H24BrClN2/c1-16(2,3)20-9-5-4-6-14(19)15(20)11-7-8-12(17)13(18)10-11/h7-8,10,14-15H,4-6,9,19H2,1-3H3. The first kappa shape index (κ1) is 16.3. The monoisotopic (exact) mass is 358 g/mol. The van der Waals surface area contributed by atoms with Crippen molar-refractivity contribution in [2.75, 3.05) is 6.54 Å². The van der Waals surface area contributed by atoms with Crippen LogP contribution in [0.1, 0.15) is 51.6 Å². The van der Waals surface area contributed by atoms with E-state index in [0.29, 0.717) is 0 Å². The summed E-state index contributed by atoms with van der Waals surface area (Å²) in [5.41, 5.74) is 7.82. The van der Waals surface area contributed by atoms with Gasteiger partial charge in [-0.2, -0.15) is 0 Å². The maximum atomic E-state index is 6.49. The largest absolute Gasteiger partial charge is 0.326 e. The van der Waals surface area contributed by atoms with Crippen LogP contribution in [0.3, 0.4) is 0 Å². The summed E-state index contributed by atoms with van der Waals surface area (Å²) in [6.07, 6.45) is 3.49. The molecule has 0 aliphatic carbocycles. The van der Waals surface area contributed by atoms with Gasteiger partial charge in [0.2, 0.25) is 0 Å². The second-order valence-electron chi connectivity index (χ2n) is 6.64. The minimum atomic E-state index is 0.103. The molecule has 0 amide bonds. The van der Waals surface area contributed by atoms with Gasteiger partial charge in [-0.1, -0.05) is 24.1 Å². The molecule has 1 aliphatic rings. The molecule has 4 heteroatoms. The van der Waals surface area contributed by atoms with Crippen molar-refractivity contribution in [3.8, 4) is 0 Å². The van der Waals surface area contributed by atoms with E-state index in [2.05, 4.69) is 53.7 Å². The number of hydrogen-bond donors (Lipinski definition) is 1. The highest BCUT2D eigenvalue weighted by Crippen LogP contribution is 2.36. The van der Waals surface area contributed by atoms with Gasteiger partial charge in [-0.15, -0.1) is 0 Å². The average Bonchev–Trinajstić information content (AvgIpc) is 2.54. The molecule has 20 heavy (non-hydrogen) atoms. The van der Waals surface area contributed by atoms with Crippen molar-refractivity contribution in [3.05, 3.63) is 33.3 Å². The SMILES string of the molecule is CC(C)(C)N1CCCCC(N)C1c1ccc(Br)c(Cl)c1. The molecule has 1 aliphatic heterocycles. The molecule has 2 nitrogen and oxygen atoms in total. The molecule has 112 valence electrons. The third kappa shape index (κ3) is 3.56. The van der Waals surface area contributed by atoms with Crippen LogP contribution in [-0.2, 0) is 0 Å². The fraction of sp³-hybridized carbons (Fsp3) is 0.625. The zero-order valence-corrected chi connectivity index (χ0v) is 14.8. The van der Waals surface area contributed by atoms with Crippen LogP contribution in [-0.4, -0.2) is 23.0 Å². The van der Waals surface area contributed by atoms with Gasteiger partial charge in [0.25, 0.3) is 0 Å². The van der Waals surface area contributed by atoms with Gasteiger partial charge in [0, 0.05) is 16.1 Å². The van der Waals surface area contributed by atoms with E-state index in [1.807, 2.05) is 6.07 Å². The Morgan fingerprint density at radius 1 is 1.30 bits per heavy atom. The van der Waals surface area contributed by atoms with Crippen molar-refractivity contribution in [2.24, 2.45) is 5.73 Å². The molecule has 1 heterocycles. The van der Waals surface area contributed by atoms with Crippen molar-refractivity contribution < 1.29 is 0 Å². The van der Waals surface area contributed by atoms with Crippen molar-refractivity contribution in [1.82, 2.24) is 4.90 Å². The van der Waals surface area contributed by atoms with Crippen LogP contribution in [0.15, 0.2) is 22.7 Å². The lowest BCUT2D eigenvalue weighted by atomic mass is 9.92. The van der Waals surface area contributed by atoms with Crippen LogP contribution in [0.25, 0.3) is 0 Å². The highest BCUT2D eigenvalue weighted by Gasteiger charge is 2.35. The topological polar surface area (TPSA) is 29.3 Å². The van der Waals surface area contributed by atoms with Crippen molar-refractivity contribution in [3.63, 3.8) is 0 Å². The van der Waals surface area contributed by atoms with Gasteiger partial charge in [0.15, 0.2) is 0 Å². The molecular weight excluding hydrogens is 336 g/mol. The van der Waals surface area contributed by atoms with E-state index in [9.17, 15) is 0 Å². The van der Waals surface area contributed by atoms with E-state index < -0.39 is 0 Å². The second kappa shape index (κ2) is 6.35. The summed E-state index contributed by atoms with van der Waals surface area (Å²) in [4.78, 5) is 2.53. The maximum absolute atomic E-state index is 6.49. The van der Waals surface area contributed by atoms with Gasteiger partial charge >= 0.3 is 0 Å². The predicted molar refractivity (Wildman–Crippen MR) is 90.2 cm³/mol. The summed E-state index contributed by atoms with van der Waals surface area (Å²) < 4.78 is 0.937. The Kier molecular flexibility index (Phi) is 5.17. The number of likely N-dealkylation sites (tertiary alicyclic amines) is 1.